The largest absolute Gasteiger partial charge is 0.504 e. The first-order valence-electron chi connectivity index (χ1n) is 14.9. The van der Waals surface area contributed by atoms with Crippen LogP contribution in [-0.4, -0.2) is 72.6 Å². The predicted molar refractivity (Wildman–Crippen MR) is 172 cm³/mol. The van der Waals surface area contributed by atoms with Gasteiger partial charge >= 0.3 is 0 Å². The van der Waals surface area contributed by atoms with Gasteiger partial charge in [0.15, 0.2) is 11.5 Å². The average Bonchev–Trinajstić information content (AvgIpc) is 3.01. The summed E-state index contributed by atoms with van der Waals surface area (Å²) >= 11 is 0. The third kappa shape index (κ3) is 9.34. The lowest BCUT2D eigenvalue weighted by atomic mass is 9.95. The Morgan fingerprint density at radius 2 is 1.78 bits per heavy atom. The number of nitrogens with one attached hydrogen (secondary N) is 3. The van der Waals surface area contributed by atoms with E-state index < -0.39 is 45.6 Å². The molecule has 2 aliphatic rings. The first-order chi connectivity index (χ1) is 21.4. The maximum Gasteiger partial charge on any atom is 0.251 e. The van der Waals surface area contributed by atoms with E-state index in [-0.39, 0.29) is 41.9 Å². The number of amides is 2. The minimum absolute atomic E-state index is 0.0208. The maximum atomic E-state index is 13.5. The molecule has 2 aromatic carbocycles. The van der Waals surface area contributed by atoms with Crippen molar-refractivity contribution < 1.29 is 33.3 Å². The molecule has 45 heavy (non-hydrogen) atoms. The van der Waals surface area contributed by atoms with E-state index in [4.69, 9.17) is 0 Å². The lowest BCUT2D eigenvalue weighted by Crippen LogP contribution is -2.52. The summed E-state index contributed by atoms with van der Waals surface area (Å²) in [5, 5.41) is 39.9. The monoisotopic (exact) mass is 636 g/mol. The highest BCUT2D eigenvalue weighted by molar-refractivity contribution is 7.92. The van der Waals surface area contributed by atoms with Gasteiger partial charge in [-0.15, -0.1) is 0 Å². The Balaban J connectivity index is 1.50. The fourth-order valence-corrected chi connectivity index (χ4v) is 6.32. The van der Waals surface area contributed by atoms with Gasteiger partial charge in [-0.1, -0.05) is 42.9 Å². The smallest absolute Gasteiger partial charge is 0.251 e. The second kappa shape index (κ2) is 15.1. The van der Waals surface area contributed by atoms with Gasteiger partial charge in [-0.25, -0.2) is 12.7 Å². The number of carbonyl (C=O) groups is 2. The summed E-state index contributed by atoms with van der Waals surface area (Å²) in [6.45, 7) is 1.75. The van der Waals surface area contributed by atoms with E-state index >= 15 is 0 Å². The molecule has 0 spiro atoms. The average molecular weight is 637 g/mol. The highest BCUT2D eigenvalue weighted by Crippen LogP contribution is 2.35. The van der Waals surface area contributed by atoms with E-state index in [0.29, 0.717) is 5.57 Å². The number of benzene rings is 2. The molecule has 2 aromatic rings. The third-order valence-electron chi connectivity index (χ3n) is 7.78. The highest BCUT2D eigenvalue weighted by atomic mass is 32.2. The molecule has 11 nitrogen and oxygen atoms in total. The molecule has 1 saturated carbocycles. The topological polar surface area (TPSA) is 168 Å². The number of aromatic hydroxyl groups is 2. The van der Waals surface area contributed by atoms with E-state index in [1.807, 2.05) is 0 Å². The first kappa shape index (κ1) is 33.6. The molecule has 12 heteroatoms. The Bertz CT molecular complexity index is 1640. The zero-order valence-electron chi connectivity index (χ0n) is 25.4. The molecule has 0 aromatic heterocycles. The molecule has 6 N–H and O–H groups in total. The number of sulfonamides is 1. The van der Waals surface area contributed by atoms with Gasteiger partial charge in [-0.3, -0.25) is 9.59 Å². The van der Waals surface area contributed by atoms with E-state index in [1.165, 1.54) is 36.8 Å². The van der Waals surface area contributed by atoms with Crippen LogP contribution in [0.4, 0.5) is 11.4 Å². The molecular formula is C33H40N4O7S. The number of phenols is 2. The van der Waals surface area contributed by atoms with Crippen LogP contribution in [0.5, 0.6) is 11.5 Å². The van der Waals surface area contributed by atoms with Crippen LogP contribution in [0.3, 0.4) is 0 Å². The Morgan fingerprint density at radius 3 is 2.44 bits per heavy atom. The number of aliphatic hydroxyl groups is 1. The molecule has 0 radical (unpaired) electrons. The van der Waals surface area contributed by atoms with Crippen molar-refractivity contribution in [1.29, 1.82) is 0 Å². The Morgan fingerprint density at radius 1 is 1.04 bits per heavy atom. The van der Waals surface area contributed by atoms with E-state index in [9.17, 15) is 33.3 Å². The lowest BCUT2D eigenvalue weighted by molar-refractivity contribution is -0.123. The minimum atomic E-state index is -3.93. The number of aliphatic hydroxyl groups excluding tert-OH is 1. The van der Waals surface area contributed by atoms with Crippen LogP contribution in [0.25, 0.3) is 0 Å². The Kier molecular flexibility index (Phi) is 11.3. The Hall–Kier alpha value is -4.31. The molecule has 3 unspecified atom stereocenters. The molecular weight excluding hydrogens is 596 g/mol. The molecule has 3 atom stereocenters. The summed E-state index contributed by atoms with van der Waals surface area (Å²) in [4.78, 5) is 26.2. The molecule has 0 bridgehead atoms. The molecule has 240 valence electrons. The molecule has 0 heterocycles. The summed E-state index contributed by atoms with van der Waals surface area (Å²) < 4.78 is 26.5. The van der Waals surface area contributed by atoms with Crippen molar-refractivity contribution in [3.8, 4) is 11.5 Å². The van der Waals surface area contributed by atoms with E-state index in [1.54, 1.807) is 25.2 Å². The number of hydrogen-bond donors (Lipinski definition) is 6. The zero-order chi connectivity index (χ0) is 32.6. The van der Waals surface area contributed by atoms with Crippen LogP contribution in [0.15, 0.2) is 77.7 Å². The summed E-state index contributed by atoms with van der Waals surface area (Å²) in [6, 6.07) is 8.29. The number of anilines is 2. The molecule has 0 saturated heterocycles. The third-order valence-corrected chi connectivity index (χ3v) is 8.86. The van der Waals surface area contributed by atoms with Gasteiger partial charge in [0, 0.05) is 36.2 Å². The minimum Gasteiger partial charge on any atom is -0.504 e. The fraction of sp³-hybridized carbons (Fsp3) is 0.394. The number of hydrogen-bond acceptors (Lipinski definition) is 8. The van der Waals surface area contributed by atoms with Crippen molar-refractivity contribution in [3.63, 3.8) is 0 Å². The number of nitrogens with zero attached hydrogens (tertiary/aromatic N) is 1. The van der Waals surface area contributed by atoms with Crippen molar-refractivity contribution >= 4 is 33.2 Å². The van der Waals surface area contributed by atoms with Gasteiger partial charge in [0.2, 0.25) is 15.9 Å². The van der Waals surface area contributed by atoms with Gasteiger partial charge < -0.3 is 31.3 Å². The van der Waals surface area contributed by atoms with Crippen molar-refractivity contribution in [1.82, 2.24) is 16.0 Å². The molecule has 4 rings (SSSR count). The maximum absolute atomic E-state index is 13.5. The molecule has 2 amide bonds. The van der Waals surface area contributed by atoms with Crippen molar-refractivity contribution in [2.75, 3.05) is 17.1 Å². The second-order valence-corrected chi connectivity index (χ2v) is 13.2. The number of phenolic OH excluding ortho intramolecular Hbond substituents is 2. The van der Waals surface area contributed by atoms with Gasteiger partial charge in [0.05, 0.1) is 35.8 Å². The van der Waals surface area contributed by atoms with Crippen molar-refractivity contribution in [2.45, 2.75) is 69.7 Å². The van der Waals surface area contributed by atoms with Crippen LogP contribution < -0.4 is 20.3 Å². The van der Waals surface area contributed by atoms with Crippen LogP contribution in [0, 0.1) is 0 Å². The van der Waals surface area contributed by atoms with Gasteiger partial charge in [-0.2, -0.15) is 0 Å². The molecule has 2 aliphatic carbocycles. The highest BCUT2D eigenvalue weighted by Gasteiger charge is 2.27. The summed E-state index contributed by atoms with van der Waals surface area (Å²) in [5.74, 6) is -1.62. The summed E-state index contributed by atoms with van der Waals surface area (Å²) in [7, 11) is -3.93. The van der Waals surface area contributed by atoms with Crippen LogP contribution in [-0.2, 0) is 14.8 Å². The SMILES string of the molecule is CC(NCC(O)C(CC1=C=C=CC=C1)NC(=O)c1cccc(N(c2ccc(O)c(O)c2)S(C)(=O)=O)c1)C(=O)NC1CCCCC1. The van der Waals surface area contributed by atoms with Crippen molar-refractivity contribution in [2.24, 2.45) is 0 Å². The first-order valence-corrected chi connectivity index (χ1v) is 16.8. The standard InChI is InChI=1S/C33H40N4O7S/c1-22(32(41)35-25-13-7-4-8-14-25)34-21-31(40)28(18-23-10-5-3-6-11-23)36-33(42)24-12-9-15-26(19-24)37(45(2,43)44)27-16-17-29(38)30(39)20-27/h3,5,9-10,12,15-17,19-20,22,25,28,31,34,38-40H,4,7-8,13-14,18,21H2,1-2H3,(H,35,41)(H,36,42). The van der Waals surface area contributed by atoms with Gasteiger partial charge in [-0.05, 0) is 62.2 Å². The van der Waals surface area contributed by atoms with Crippen LogP contribution in [0.2, 0.25) is 0 Å². The fourth-order valence-electron chi connectivity index (χ4n) is 5.33. The van der Waals surface area contributed by atoms with E-state index in [2.05, 4.69) is 27.4 Å². The number of carbonyl (C=O) groups excluding carboxylic acids is 2. The number of rotatable bonds is 13. The quantitative estimate of drug-likeness (QED) is 0.144. The molecule has 1 fully saturated rings. The van der Waals surface area contributed by atoms with Crippen LogP contribution in [0.1, 0.15) is 55.8 Å². The normalized spacial score (nSPS) is 16.8. The van der Waals surface area contributed by atoms with E-state index in [0.717, 1.165) is 48.4 Å². The number of allylic oxidation sites excluding steroid dienone is 3. The van der Waals surface area contributed by atoms with Crippen molar-refractivity contribution in [3.05, 3.63) is 83.3 Å². The summed E-state index contributed by atoms with van der Waals surface area (Å²) in [6.07, 6.45) is 10.7. The predicted octanol–water partition coefficient (Wildman–Crippen LogP) is 3.28. The van der Waals surface area contributed by atoms with Gasteiger partial charge in [0.1, 0.15) is 0 Å². The lowest BCUT2D eigenvalue weighted by Gasteiger charge is -2.28. The Labute approximate surface area is 263 Å². The van der Waals surface area contributed by atoms with Gasteiger partial charge in [0.25, 0.3) is 5.91 Å². The second-order valence-electron chi connectivity index (χ2n) is 11.4. The zero-order valence-corrected chi connectivity index (χ0v) is 26.2. The summed E-state index contributed by atoms with van der Waals surface area (Å²) in [5.41, 5.74) is 6.85. The van der Waals surface area contributed by atoms with Crippen LogP contribution >= 0.6 is 0 Å². The molecule has 0 aliphatic heterocycles.